The first-order valence-corrected chi connectivity index (χ1v) is 12.0. The highest BCUT2D eigenvalue weighted by atomic mass is 16.4. The molecule has 0 heterocycles. The van der Waals surface area contributed by atoms with Crippen molar-refractivity contribution in [3.05, 3.63) is 0 Å². The first-order valence-electron chi connectivity index (χ1n) is 12.0. The zero-order valence-electron chi connectivity index (χ0n) is 19.0. The van der Waals surface area contributed by atoms with Crippen molar-refractivity contribution in [3.8, 4) is 0 Å². The van der Waals surface area contributed by atoms with E-state index >= 15 is 0 Å². The van der Waals surface area contributed by atoms with Gasteiger partial charge < -0.3 is 15.3 Å². The predicted molar refractivity (Wildman–Crippen MR) is 119 cm³/mol. The third-order valence-corrected chi connectivity index (χ3v) is 5.63. The van der Waals surface area contributed by atoms with Gasteiger partial charge in [0.1, 0.15) is 5.78 Å². The lowest BCUT2D eigenvalue weighted by Gasteiger charge is -2.10. The van der Waals surface area contributed by atoms with Crippen LogP contribution in [0.5, 0.6) is 0 Å². The molecule has 0 radical (unpaired) electrons. The first kappa shape index (κ1) is 29.1. The van der Waals surface area contributed by atoms with Crippen molar-refractivity contribution in [3.63, 3.8) is 0 Å². The largest absolute Gasteiger partial charge is 0.481 e. The van der Waals surface area contributed by atoms with Crippen LogP contribution in [-0.2, 0) is 19.2 Å². The Morgan fingerprint density at radius 3 is 1.19 bits per heavy atom. The maximum absolute atomic E-state index is 11.9. The quantitative estimate of drug-likeness (QED) is 0.170. The second-order valence-corrected chi connectivity index (χ2v) is 8.55. The van der Waals surface area contributed by atoms with Crippen LogP contribution in [0.1, 0.15) is 122 Å². The van der Waals surface area contributed by atoms with E-state index in [0.717, 1.165) is 44.9 Å². The number of rotatable bonds is 23. The van der Waals surface area contributed by atoms with Crippen LogP contribution >= 0.6 is 0 Å². The maximum atomic E-state index is 11.9. The average molecular weight is 443 g/mol. The number of carboxylic acids is 3. The van der Waals surface area contributed by atoms with Gasteiger partial charge in [0.15, 0.2) is 0 Å². The summed E-state index contributed by atoms with van der Waals surface area (Å²) in [6.07, 6.45) is 16.0. The highest BCUT2D eigenvalue weighted by molar-refractivity contribution is 5.84. The van der Waals surface area contributed by atoms with Gasteiger partial charge in [0, 0.05) is 25.7 Å². The molecule has 0 aliphatic carbocycles. The summed E-state index contributed by atoms with van der Waals surface area (Å²) in [5.41, 5.74) is 0. The molecule has 0 aliphatic heterocycles. The molecule has 0 fully saturated rings. The summed E-state index contributed by atoms with van der Waals surface area (Å²) in [7, 11) is 0. The molecule has 0 aromatic heterocycles. The van der Waals surface area contributed by atoms with E-state index in [1.807, 2.05) is 0 Å². The van der Waals surface area contributed by atoms with E-state index in [-0.39, 0.29) is 31.5 Å². The number of carboxylic acid groups (broad SMARTS) is 3. The van der Waals surface area contributed by atoms with Crippen molar-refractivity contribution in [2.45, 2.75) is 122 Å². The third-order valence-electron chi connectivity index (χ3n) is 5.63. The molecule has 7 heteroatoms. The van der Waals surface area contributed by atoms with Crippen LogP contribution in [0.25, 0.3) is 0 Å². The van der Waals surface area contributed by atoms with Crippen molar-refractivity contribution in [1.29, 1.82) is 0 Å². The third kappa shape index (κ3) is 21.1. The second-order valence-electron chi connectivity index (χ2n) is 8.55. The Kier molecular flexibility index (Phi) is 18.8. The van der Waals surface area contributed by atoms with Crippen LogP contribution in [-0.4, -0.2) is 39.0 Å². The Morgan fingerprint density at radius 2 is 0.839 bits per heavy atom. The lowest BCUT2D eigenvalue weighted by molar-refractivity contribution is -0.145. The fourth-order valence-corrected chi connectivity index (χ4v) is 3.71. The lowest BCUT2D eigenvalue weighted by atomic mass is 9.95. The van der Waals surface area contributed by atoms with Crippen LogP contribution in [0.2, 0.25) is 0 Å². The van der Waals surface area contributed by atoms with Crippen LogP contribution in [0.3, 0.4) is 0 Å². The van der Waals surface area contributed by atoms with E-state index in [0.29, 0.717) is 6.42 Å². The number of carbonyl (C=O) groups is 4. The number of aliphatic carboxylic acids is 3. The van der Waals surface area contributed by atoms with E-state index in [4.69, 9.17) is 15.3 Å². The fraction of sp³-hybridized carbons (Fsp3) is 0.833. The molecule has 0 aliphatic rings. The number of carbonyl (C=O) groups excluding carboxylic acids is 1. The van der Waals surface area contributed by atoms with Crippen molar-refractivity contribution < 1.29 is 34.5 Å². The zero-order chi connectivity index (χ0) is 23.3. The molecule has 1 unspecified atom stereocenters. The van der Waals surface area contributed by atoms with Gasteiger partial charge in [-0.1, -0.05) is 77.0 Å². The maximum Gasteiger partial charge on any atom is 0.306 e. The van der Waals surface area contributed by atoms with Gasteiger partial charge in [0.2, 0.25) is 0 Å². The molecule has 31 heavy (non-hydrogen) atoms. The molecule has 3 N–H and O–H groups in total. The Balaban J connectivity index is 3.43. The van der Waals surface area contributed by atoms with Gasteiger partial charge in [-0.2, -0.15) is 0 Å². The molecule has 0 saturated carbocycles. The molecule has 180 valence electrons. The molecular weight excluding hydrogens is 400 g/mol. The number of Topliss-reactive ketones (excluding diaryl/α,β-unsaturated/α-hetero) is 1. The summed E-state index contributed by atoms with van der Waals surface area (Å²) in [5.74, 6) is -3.80. The normalized spacial score (nSPS) is 11.9. The van der Waals surface area contributed by atoms with Gasteiger partial charge in [-0.3, -0.25) is 19.2 Å². The molecule has 0 spiro atoms. The summed E-state index contributed by atoms with van der Waals surface area (Å²) in [6.45, 7) is 0. The topological polar surface area (TPSA) is 129 Å². The van der Waals surface area contributed by atoms with Gasteiger partial charge in [-0.25, -0.2) is 0 Å². The smallest absolute Gasteiger partial charge is 0.306 e. The van der Waals surface area contributed by atoms with Crippen LogP contribution < -0.4 is 0 Å². The minimum absolute atomic E-state index is 0.00317. The number of ketones is 1. The number of hydrogen-bond donors (Lipinski definition) is 3. The van der Waals surface area contributed by atoms with Gasteiger partial charge >= 0.3 is 17.9 Å². The van der Waals surface area contributed by atoms with Crippen LogP contribution in [0.4, 0.5) is 0 Å². The van der Waals surface area contributed by atoms with Crippen molar-refractivity contribution in [2.24, 2.45) is 5.92 Å². The van der Waals surface area contributed by atoms with E-state index < -0.39 is 23.8 Å². The van der Waals surface area contributed by atoms with Crippen LogP contribution in [0.15, 0.2) is 0 Å². The Bertz CT molecular complexity index is 516. The summed E-state index contributed by atoms with van der Waals surface area (Å²) in [4.78, 5) is 44.0. The highest BCUT2D eigenvalue weighted by Crippen LogP contribution is 2.16. The SMILES string of the molecule is O=C(O)CCCCCCCCCCCCCCCCC(=O)CC(CCC(=O)O)C(=O)O. The molecule has 0 saturated heterocycles. The van der Waals surface area contributed by atoms with Gasteiger partial charge in [0.05, 0.1) is 5.92 Å². The van der Waals surface area contributed by atoms with E-state index in [9.17, 15) is 19.2 Å². The number of unbranched alkanes of at least 4 members (excludes halogenated alkanes) is 13. The molecule has 0 rings (SSSR count). The van der Waals surface area contributed by atoms with Gasteiger partial charge in [-0.15, -0.1) is 0 Å². The van der Waals surface area contributed by atoms with E-state index in [1.165, 1.54) is 44.9 Å². The molecule has 0 bridgehead atoms. The summed E-state index contributed by atoms with van der Waals surface area (Å²) >= 11 is 0. The number of hydrogen-bond acceptors (Lipinski definition) is 4. The van der Waals surface area contributed by atoms with E-state index in [1.54, 1.807) is 0 Å². The lowest BCUT2D eigenvalue weighted by Crippen LogP contribution is -2.19. The van der Waals surface area contributed by atoms with Gasteiger partial charge in [0.25, 0.3) is 0 Å². The first-order chi connectivity index (χ1) is 14.8. The van der Waals surface area contributed by atoms with Crippen molar-refractivity contribution in [1.82, 2.24) is 0 Å². The highest BCUT2D eigenvalue weighted by Gasteiger charge is 2.21. The molecular formula is C24H42O7. The van der Waals surface area contributed by atoms with Crippen LogP contribution in [0, 0.1) is 5.92 Å². The Hall–Kier alpha value is -1.92. The summed E-state index contributed by atoms with van der Waals surface area (Å²) in [6, 6.07) is 0. The van der Waals surface area contributed by atoms with Gasteiger partial charge in [-0.05, 0) is 19.3 Å². The minimum atomic E-state index is -1.09. The van der Waals surface area contributed by atoms with E-state index in [2.05, 4.69) is 0 Å². The molecule has 0 aromatic rings. The van der Waals surface area contributed by atoms with Crippen molar-refractivity contribution >= 4 is 23.7 Å². The average Bonchev–Trinajstić information content (AvgIpc) is 2.70. The molecule has 0 aromatic carbocycles. The minimum Gasteiger partial charge on any atom is -0.481 e. The summed E-state index contributed by atoms with van der Waals surface area (Å²) < 4.78 is 0. The predicted octanol–water partition coefficient (Wildman–Crippen LogP) is 5.84. The monoisotopic (exact) mass is 442 g/mol. The standard InChI is InChI=1S/C24H42O7/c25-21(19-20(24(30)31)17-18-23(28)29)15-13-11-9-7-5-3-1-2-4-6-8-10-12-14-16-22(26)27/h20H,1-19H2,(H,26,27)(H,28,29)(H,30,31). The summed E-state index contributed by atoms with van der Waals surface area (Å²) in [5, 5.41) is 26.3. The fourth-order valence-electron chi connectivity index (χ4n) is 3.71. The molecule has 0 amide bonds. The van der Waals surface area contributed by atoms with Crippen molar-refractivity contribution in [2.75, 3.05) is 0 Å². The Labute approximate surface area is 186 Å². The molecule has 1 atom stereocenters. The second kappa shape index (κ2) is 20.0. The Morgan fingerprint density at radius 1 is 0.484 bits per heavy atom. The zero-order valence-corrected chi connectivity index (χ0v) is 19.0. The molecule has 7 nitrogen and oxygen atoms in total.